The number of fused-ring (bicyclic) bond motifs is 1. The first-order valence-electron chi connectivity index (χ1n) is 10.0. The minimum Gasteiger partial charge on any atom is -0.393 e. The molecule has 0 aliphatic carbocycles. The number of urea groups is 1. The Kier molecular flexibility index (Phi) is 5.71. The van der Waals surface area contributed by atoms with E-state index < -0.39 is 10.0 Å². The molecule has 3 heterocycles. The largest absolute Gasteiger partial charge is 0.393 e. The summed E-state index contributed by atoms with van der Waals surface area (Å²) in [4.78, 5) is 18.7. The number of aromatic nitrogens is 1. The maximum Gasteiger partial charge on any atom is 0.317 e. The van der Waals surface area contributed by atoms with Crippen LogP contribution in [0.25, 0.3) is 10.9 Å². The van der Waals surface area contributed by atoms with Gasteiger partial charge in [-0.05, 0) is 37.8 Å². The van der Waals surface area contributed by atoms with Gasteiger partial charge in [0.2, 0.25) is 10.0 Å². The third-order valence-electron chi connectivity index (χ3n) is 5.68. The zero-order chi connectivity index (χ0) is 20.4. The zero-order valence-corrected chi connectivity index (χ0v) is 17.0. The van der Waals surface area contributed by atoms with Crippen LogP contribution in [-0.4, -0.2) is 72.1 Å². The van der Waals surface area contributed by atoms with Gasteiger partial charge in [0.1, 0.15) is 4.90 Å². The lowest BCUT2D eigenvalue weighted by molar-refractivity contribution is 0.0920. The summed E-state index contributed by atoms with van der Waals surface area (Å²) in [6.45, 7) is 1.70. The van der Waals surface area contributed by atoms with Crippen LogP contribution in [0.4, 0.5) is 4.79 Å². The van der Waals surface area contributed by atoms with Gasteiger partial charge >= 0.3 is 6.03 Å². The molecule has 2 aromatic rings. The standard InChI is InChI=1S/C20H26N4O4S/c25-17-8-12-23(13-9-17)20(26)22-16-6-3-11-24(14-16)29(27,28)18-7-1-4-15-5-2-10-21-19(15)18/h1-2,4-5,7,10,16-17,25H,3,6,8-9,11-14H2,(H,22,26)/t16-/m0/s1. The van der Waals surface area contributed by atoms with Crippen molar-refractivity contribution in [1.82, 2.24) is 19.5 Å². The number of amides is 2. The van der Waals surface area contributed by atoms with Gasteiger partial charge in [-0.15, -0.1) is 0 Å². The van der Waals surface area contributed by atoms with E-state index >= 15 is 0 Å². The van der Waals surface area contributed by atoms with Crippen LogP contribution < -0.4 is 5.32 Å². The van der Waals surface area contributed by atoms with E-state index in [4.69, 9.17) is 0 Å². The van der Waals surface area contributed by atoms with Crippen molar-refractivity contribution in [3.05, 3.63) is 36.5 Å². The van der Waals surface area contributed by atoms with Crippen LogP contribution in [0.15, 0.2) is 41.4 Å². The highest BCUT2D eigenvalue weighted by molar-refractivity contribution is 7.89. The summed E-state index contributed by atoms with van der Waals surface area (Å²) in [7, 11) is -3.72. The van der Waals surface area contributed by atoms with Gasteiger partial charge in [0.15, 0.2) is 0 Å². The number of rotatable bonds is 3. The van der Waals surface area contributed by atoms with E-state index in [2.05, 4.69) is 10.3 Å². The molecule has 4 rings (SSSR count). The average molecular weight is 419 g/mol. The van der Waals surface area contributed by atoms with Crippen molar-refractivity contribution in [3.8, 4) is 0 Å². The lowest BCUT2D eigenvalue weighted by Gasteiger charge is -2.35. The van der Waals surface area contributed by atoms with Crippen LogP contribution >= 0.6 is 0 Å². The van der Waals surface area contributed by atoms with E-state index in [-0.39, 0.29) is 29.6 Å². The van der Waals surface area contributed by atoms with E-state index in [1.807, 2.05) is 12.1 Å². The first kappa shape index (κ1) is 20.1. The second kappa shape index (κ2) is 8.25. The number of sulfonamides is 1. The monoisotopic (exact) mass is 418 g/mol. The lowest BCUT2D eigenvalue weighted by atomic mass is 10.1. The van der Waals surface area contributed by atoms with Crippen molar-refractivity contribution in [2.75, 3.05) is 26.2 Å². The molecule has 8 nitrogen and oxygen atoms in total. The molecule has 1 aromatic heterocycles. The zero-order valence-electron chi connectivity index (χ0n) is 16.2. The smallest absolute Gasteiger partial charge is 0.317 e. The fourth-order valence-electron chi connectivity index (χ4n) is 4.04. The molecule has 0 radical (unpaired) electrons. The number of aliphatic hydroxyl groups is 1. The Morgan fingerprint density at radius 1 is 1.10 bits per heavy atom. The Hall–Kier alpha value is -2.23. The topological polar surface area (TPSA) is 103 Å². The number of nitrogens with zero attached hydrogens (tertiary/aromatic N) is 3. The first-order valence-corrected chi connectivity index (χ1v) is 11.5. The molecule has 29 heavy (non-hydrogen) atoms. The van der Waals surface area contributed by atoms with Crippen LogP contribution in [0.5, 0.6) is 0 Å². The second-order valence-electron chi connectivity index (χ2n) is 7.70. The summed E-state index contributed by atoms with van der Waals surface area (Å²) in [5.41, 5.74) is 0.466. The highest BCUT2D eigenvalue weighted by atomic mass is 32.2. The number of nitrogens with one attached hydrogen (secondary N) is 1. The summed E-state index contributed by atoms with van der Waals surface area (Å²) in [5, 5.41) is 13.4. The van der Waals surface area contributed by atoms with Gasteiger partial charge in [-0.3, -0.25) is 4.98 Å². The molecular weight excluding hydrogens is 392 g/mol. The van der Waals surface area contributed by atoms with Gasteiger partial charge in [-0.1, -0.05) is 18.2 Å². The van der Waals surface area contributed by atoms with Gasteiger partial charge in [-0.25, -0.2) is 13.2 Å². The molecule has 2 aliphatic heterocycles. The molecule has 0 bridgehead atoms. The number of pyridine rings is 1. The number of carbonyl (C=O) groups excluding carboxylic acids is 1. The molecule has 9 heteroatoms. The van der Waals surface area contributed by atoms with E-state index in [9.17, 15) is 18.3 Å². The quantitative estimate of drug-likeness (QED) is 0.787. The highest BCUT2D eigenvalue weighted by Gasteiger charge is 2.33. The minimum absolute atomic E-state index is 0.187. The second-order valence-corrected chi connectivity index (χ2v) is 9.61. The Morgan fingerprint density at radius 3 is 2.66 bits per heavy atom. The van der Waals surface area contributed by atoms with Crippen LogP contribution in [0.3, 0.4) is 0 Å². The van der Waals surface area contributed by atoms with Gasteiger partial charge in [0.05, 0.1) is 11.6 Å². The molecule has 0 unspecified atom stereocenters. The van der Waals surface area contributed by atoms with Gasteiger partial charge in [0, 0.05) is 43.8 Å². The summed E-state index contributed by atoms with van der Waals surface area (Å²) in [6.07, 6.45) is 3.82. The Bertz CT molecular complexity index is 984. The summed E-state index contributed by atoms with van der Waals surface area (Å²) < 4.78 is 28.1. The average Bonchev–Trinajstić information content (AvgIpc) is 2.74. The third kappa shape index (κ3) is 4.22. The highest BCUT2D eigenvalue weighted by Crippen LogP contribution is 2.26. The van der Waals surface area contributed by atoms with Gasteiger partial charge < -0.3 is 15.3 Å². The number of aliphatic hydroxyl groups excluding tert-OH is 1. The summed E-state index contributed by atoms with van der Waals surface area (Å²) in [6, 6.07) is 8.36. The van der Waals surface area contributed by atoms with E-state index in [1.54, 1.807) is 29.3 Å². The number of likely N-dealkylation sites (tertiary alicyclic amines) is 1. The molecule has 0 saturated carbocycles. The van der Waals surface area contributed by atoms with Crippen molar-refractivity contribution in [3.63, 3.8) is 0 Å². The molecule has 2 N–H and O–H groups in total. The predicted molar refractivity (Wildman–Crippen MR) is 109 cm³/mol. The van der Waals surface area contributed by atoms with Crippen LogP contribution in [-0.2, 0) is 10.0 Å². The maximum absolute atomic E-state index is 13.3. The molecule has 2 amide bonds. The maximum atomic E-state index is 13.3. The number of hydrogen-bond donors (Lipinski definition) is 2. The minimum atomic E-state index is -3.72. The number of carbonyl (C=O) groups is 1. The van der Waals surface area contributed by atoms with Gasteiger partial charge in [0.25, 0.3) is 0 Å². The van der Waals surface area contributed by atoms with Crippen LogP contribution in [0.1, 0.15) is 25.7 Å². The third-order valence-corrected chi connectivity index (χ3v) is 7.57. The van der Waals surface area contributed by atoms with Gasteiger partial charge in [-0.2, -0.15) is 4.31 Å². The van der Waals surface area contributed by atoms with Crippen molar-refractivity contribution in [2.24, 2.45) is 0 Å². The van der Waals surface area contributed by atoms with Crippen molar-refractivity contribution in [2.45, 2.75) is 42.7 Å². The fourth-order valence-corrected chi connectivity index (χ4v) is 5.73. The predicted octanol–water partition coefficient (Wildman–Crippen LogP) is 1.55. The number of piperidine rings is 2. The Morgan fingerprint density at radius 2 is 1.86 bits per heavy atom. The fraction of sp³-hybridized carbons (Fsp3) is 0.500. The number of hydrogen-bond acceptors (Lipinski definition) is 5. The molecule has 156 valence electrons. The van der Waals surface area contributed by atoms with E-state index in [1.165, 1.54) is 4.31 Å². The summed E-state index contributed by atoms with van der Waals surface area (Å²) >= 11 is 0. The molecule has 1 atom stereocenters. The number of para-hydroxylation sites is 1. The molecule has 1 aromatic carbocycles. The van der Waals surface area contributed by atoms with E-state index in [0.29, 0.717) is 44.4 Å². The molecule has 2 aliphatic rings. The van der Waals surface area contributed by atoms with E-state index in [0.717, 1.165) is 11.8 Å². The Balaban J connectivity index is 1.48. The SMILES string of the molecule is O=C(N[C@H]1CCCN(S(=O)(=O)c2cccc3cccnc23)C1)N1CCC(O)CC1. The molecule has 2 fully saturated rings. The molecule has 0 spiro atoms. The number of benzene rings is 1. The van der Waals surface area contributed by atoms with Crippen LogP contribution in [0, 0.1) is 0 Å². The lowest BCUT2D eigenvalue weighted by Crippen LogP contribution is -2.54. The van der Waals surface area contributed by atoms with Crippen molar-refractivity contribution in [1.29, 1.82) is 0 Å². The van der Waals surface area contributed by atoms with Crippen LogP contribution in [0.2, 0.25) is 0 Å². The summed E-state index contributed by atoms with van der Waals surface area (Å²) in [5.74, 6) is 0. The van der Waals surface area contributed by atoms with Crippen molar-refractivity contribution >= 4 is 27.0 Å². The normalized spacial score (nSPS) is 22.0. The Labute approximate surface area is 170 Å². The molecule has 2 saturated heterocycles. The molecular formula is C20H26N4O4S. The first-order chi connectivity index (χ1) is 13.9. The van der Waals surface area contributed by atoms with Crippen molar-refractivity contribution < 1.29 is 18.3 Å².